The van der Waals surface area contributed by atoms with E-state index in [9.17, 15) is 87.8 Å². The van der Waals surface area contributed by atoms with E-state index in [0.717, 1.165) is 6.08 Å². The summed E-state index contributed by atoms with van der Waals surface area (Å²) in [5.41, 5.74) is 0. The number of ether oxygens (including phenoxy) is 1. The quantitative estimate of drug-likeness (QED) is 0.208. The number of hydrogen-bond acceptors (Lipinski definition) is 4. The van der Waals surface area contributed by atoms with Crippen LogP contribution in [0.2, 0.25) is 0 Å². The minimum atomic E-state index is -8.81. The number of hydrogen-bond donors (Lipinski definition) is 1. The summed E-state index contributed by atoms with van der Waals surface area (Å²) in [4.78, 5) is 10.1. The lowest BCUT2D eigenvalue weighted by atomic mass is 9.91. The summed E-state index contributed by atoms with van der Waals surface area (Å²) >= 11 is 0. The lowest BCUT2D eigenvalue weighted by molar-refractivity contribution is -0.458. The molecule has 0 amide bonds. The second kappa shape index (κ2) is 10.6. The minimum Gasteiger partial charge on any atom is -0.463 e. The van der Waals surface area contributed by atoms with Gasteiger partial charge in [0.2, 0.25) is 0 Å². The van der Waals surface area contributed by atoms with Gasteiger partial charge in [0.1, 0.15) is 0 Å². The molecule has 222 valence electrons. The maximum atomic E-state index is 13.2. The van der Waals surface area contributed by atoms with E-state index >= 15 is 0 Å². The molecule has 0 fully saturated rings. The van der Waals surface area contributed by atoms with Crippen molar-refractivity contribution in [1.29, 1.82) is 0 Å². The van der Waals surface area contributed by atoms with Crippen LogP contribution in [0.5, 0.6) is 0 Å². The highest BCUT2D eigenvalue weighted by Gasteiger charge is 2.96. The van der Waals surface area contributed by atoms with E-state index in [0.29, 0.717) is 6.61 Å². The third kappa shape index (κ3) is 5.70. The van der Waals surface area contributed by atoms with Crippen LogP contribution in [0, 0.1) is 0 Å². The van der Waals surface area contributed by atoms with Gasteiger partial charge in [-0.1, -0.05) is 6.58 Å². The van der Waals surface area contributed by atoms with E-state index in [2.05, 4.69) is 11.3 Å². The second-order valence-corrected chi connectivity index (χ2v) is 8.05. The van der Waals surface area contributed by atoms with Crippen LogP contribution in [0.15, 0.2) is 12.7 Å². The van der Waals surface area contributed by atoms with Gasteiger partial charge in [-0.2, -0.15) is 74.6 Å². The van der Waals surface area contributed by atoms with Crippen molar-refractivity contribution in [3.05, 3.63) is 12.7 Å². The molecule has 0 radical (unpaired) electrons. The highest BCUT2D eigenvalue weighted by molar-refractivity contribution is 7.90. The largest absolute Gasteiger partial charge is 0.463 e. The molecule has 0 aliphatic carbocycles. The van der Waals surface area contributed by atoms with Crippen molar-refractivity contribution in [2.24, 2.45) is 0 Å². The molecule has 1 N–H and O–H groups in total. The van der Waals surface area contributed by atoms with Crippen LogP contribution in [-0.4, -0.2) is 75.0 Å². The van der Waals surface area contributed by atoms with Gasteiger partial charge in [0, 0.05) is 6.08 Å². The lowest BCUT2D eigenvalue weighted by Gasteiger charge is -2.42. The van der Waals surface area contributed by atoms with Crippen LogP contribution in [0.25, 0.3) is 0 Å². The van der Waals surface area contributed by atoms with E-state index in [1.807, 2.05) is 0 Å². The molecule has 0 saturated carbocycles. The monoisotopic (exact) mass is 613 g/mol. The summed E-state index contributed by atoms with van der Waals surface area (Å²) < 4.78 is 244. The first-order valence-corrected chi connectivity index (χ1v) is 9.79. The number of nitrogens with one attached hydrogen (secondary N) is 1. The number of rotatable bonds is 10. The van der Waals surface area contributed by atoms with E-state index in [4.69, 9.17) is 0 Å². The molecule has 0 bridgehead atoms. The molecule has 0 aliphatic rings. The Balaban J connectivity index is 0. The number of halogens is 17. The van der Waals surface area contributed by atoms with Gasteiger partial charge in [-0.25, -0.2) is 17.9 Å². The first-order valence-electron chi connectivity index (χ1n) is 8.31. The minimum absolute atomic E-state index is 0.184. The SMILES string of the molecule is C=CC(=O)OCC.CNS(=O)(=O)C(F)(F)C(F)(F)C(F)(F)C(F)(F)C(F)(F)C(F)(F)C(F)(F)C(F)(F)F. The van der Waals surface area contributed by atoms with Gasteiger partial charge in [-0.3, -0.25) is 0 Å². The van der Waals surface area contributed by atoms with Crippen molar-refractivity contribution in [3.8, 4) is 0 Å². The Hall–Kier alpha value is -2.07. The molecule has 0 unspecified atom stereocenters. The smallest absolute Gasteiger partial charge is 0.460 e. The third-order valence-electron chi connectivity index (χ3n) is 3.75. The maximum absolute atomic E-state index is 13.2. The van der Waals surface area contributed by atoms with Crippen LogP contribution >= 0.6 is 0 Å². The Morgan fingerprint density at radius 3 is 1.22 bits per heavy atom. The fraction of sp³-hybridized carbons (Fsp3) is 0.786. The molecule has 23 heteroatoms. The Morgan fingerprint density at radius 2 is 1.00 bits per heavy atom. The van der Waals surface area contributed by atoms with Gasteiger partial charge in [0.05, 0.1) is 6.61 Å². The summed E-state index contributed by atoms with van der Waals surface area (Å²) in [6, 6.07) is 0. The zero-order valence-electron chi connectivity index (χ0n) is 17.5. The molecule has 0 aromatic rings. The van der Waals surface area contributed by atoms with Crippen molar-refractivity contribution < 1.29 is 92.6 Å². The average Bonchev–Trinajstić information content (AvgIpc) is 2.72. The molecule has 5 nitrogen and oxygen atoms in total. The predicted octanol–water partition coefficient (Wildman–Crippen LogP) is 5.24. The van der Waals surface area contributed by atoms with Gasteiger partial charge in [-0.05, 0) is 14.0 Å². The predicted molar refractivity (Wildman–Crippen MR) is 85.5 cm³/mol. The van der Waals surface area contributed by atoms with Gasteiger partial charge < -0.3 is 4.74 Å². The summed E-state index contributed by atoms with van der Waals surface area (Å²) in [7, 11) is -7.36. The molecule has 0 saturated heterocycles. The number of carbonyl (C=O) groups is 1. The normalized spacial score (nSPS) is 15.0. The Morgan fingerprint density at radius 1 is 0.703 bits per heavy atom. The molecule has 0 aromatic carbocycles. The van der Waals surface area contributed by atoms with Crippen molar-refractivity contribution in [2.75, 3.05) is 13.7 Å². The Bertz CT molecular complexity index is 927. The fourth-order valence-corrected chi connectivity index (χ4v) is 2.37. The second-order valence-electron chi connectivity index (χ2n) is 6.12. The van der Waals surface area contributed by atoms with E-state index in [1.165, 1.54) is 0 Å². The van der Waals surface area contributed by atoms with Gasteiger partial charge >= 0.3 is 52.9 Å². The first kappa shape index (κ1) is 37.1. The first-order chi connectivity index (χ1) is 15.9. The maximum Gasteiger partial charge on any atom is 0.460 e. The summed E-state index contributed by atoms with van der Waals surface area (Å²) in [5, 5.41) is -7.50. The van der Waals surface area contributed by atoms with E-state index < -0.39 is 57.0 Å². The summed E-state index contributed by atoms with van der Waals surface area (Å²) in [6.45, 7) is 5.38. The molecular formula is C14H12F17NO4S. The molecule has 0 atom stereocenters. The standard InChI is InChI=1S/C9H4F17NO2S.C5H8O2/c1-27-30(28,29)9(25,26)7(20,21)5(16,17)3(12,13)2(10,11)4(14,15)6(18,19)8(22,23)24;1-3-5(6)7-4-2/h27H,1H3;3H,1,4H2,2H3. The van der Waals surface area contributed by atoms with Crippen molar-refractivity contribution >= 4 is 16.0 Å². The molecular weight excluding hydrogens is 601 g/mol. The summed E-state index contributed by atoms with van der Waals surface area (Å²) in [5.74, 6) is -51.8. The molecule has 37 heavy (non-hydrogen) atoms. The van der Waals surface area contributed by atoms with Crippen LogP contribution in [0.3, 0.4) is 0 Å². The highest BCUT2D eigenvalue weighted by atomic mass is 32.2. The molecule has 0 heterocycles. The van der Waals surface area contributed by atoms with Crippen LogP contribution < -0.4 is 4.72 Å². The van der Waals surface area contributed by atoms with Crippen LogP contribution in [0.1, 0.15) is 6.92 Å². The van der Waals surface area contributed by atoms with E-state index in [1.54, 1.807) is 6.92 Å². The Labute approximate surface area is 194 Å². The topological polar surface area (TPSA) is 72.5 Å². The molecule has 0 aromatic heterocycles. The van der Waals surface area contributed by atoms with Crippen molar-refractivity contribution in [3.63, 3.8) is 0 Å². The number of esters is 1. The van der Waals surface area contributed by atoms with Gasteiger partial charge in [0.15, 0.2) is 0 Å². The summed E-state index contributed by atoms with van der Waals surface area (Å²) in [6.07, 6.45) is -6.71. The molecule has 0 aliphatic heterocycles. The highest BCUT2D eigenvalue weighted by Crippen LogP contribution is 2.64. The number of sulfonamides is 1. The van der Waals surface area contributed by atoms with Gasteiger partial charge in [0.25, 0.3) is 10.0 Å². The van der Waals surface area contributed by atoms with Gasteiger partial charge in [-0.15, -0.1) is 0 Å². The molecule has 0 spiro atoms. The third-order valence-corrected chi connectivity index (χ3v) is 5.22. The van der Waals surface area contributed by atoms with Crippen molar-refractivity contribution in [2.45, 2.75) is 53.9 Å². The average molecular weight is 613 g/mol. The molecule has 0 rings (SSSR count). The van der Waals surface area contributed by atoms with Crippen molar-refractivity contribution in [1.82, 2.24) is 4.72 Å². The van der Waals surface area contributed by atoms with E-state index in [-0.39, 0.29) is 17.7 Å². The number of carbonyl (C=O) groups excluding carboxylic acids is 1. The van der Waals surface area contributed by atoms with Crippen LogP contribution in [-0.2, 0) is 19.6 Å². The zero-order valence-corrected chi connectivity index (χ0v) is 18.3. The zero-order chi connectivity index (χ0) is 30.9. The number of alkyl halides is 17. The Kier molecular flexibility index (Phi) is 10.6. The van der Waals surface area contributed by atoms with Crippen LogP contribution in [0.4, 0.5) is 74.6 Å². The fourth-order valence-electron chi connectivity index (χ4n) is 1.65. The lowest BCUT2D eigenvalue weighted by Crippen LogP contribution is -2.75.